The molecule has 2 N–H and O–H groups in total. The molecule has 46 valence electrons. The first kappa shape index (κ1) is 5.44. The van der Waals surface area contributed by atoms with Gasteiger partial charge in [-0.15, -0.1) is 0 Å². The van der Waals surface area contributed by atoms with E-state index in [4.69, 9.17) is 5.11 Å². The first-order valence-corrected chi connectivity index (χ1v) is 2.55. The summed E-state index contributed by atoms with van der Waals surface area (Å²) in [6, 6.07) is 0. The van der Waals surface area contributed by atoms with Gasteiger partial charge in [0.25, 0.3) is 0 Å². The summed E-state index contributed by atoms with van der Waals surface area (Å²) >= 11 is 0. The molecule has 0 fully saturated rings. The van der Waals surface area contributed by atoms with Crippen molar-refractivity contribution >= 4 is 0 Å². The van der Waals surface area contributed by atoms with Gasteiger partial charge in [0.2, 0.25) is 6.35 Å². The van der Waals surface area contributed by atoms with E-state index in [-0.39, 0.29) is 0 Å². The van der Waals surface area contributed by atoms with Gasteiger partial charge in [0.05, 0.1) is 0 Å². The highest BCUT2D eigenvalue weighted by Gasteiger charge is 2.12. The maximum Gasteiger partial charge on any atom is 0.204 e. The molecule has 0 aromatic carbocycles. The molecule has 1 unspecified atom stereocenters. The third-order valence-electron chi connectivity index (χ3n) is 1.14. The molecule has 3 heteroatoms. The number of hydrogen-bond acceptors (Lipinski definition) is 3. The summed E-state index contributed by atoms with van der Waals surface area (Å²) in [7, 11) is 1.81. The van der Waals surface area contributed by atoms with Crippen LogP contribution in [0.4, 0.5) is 0 Å². The third-order valence-corrected chi connectivity index (χ3v) is 1.14. The van der Waals surface area contributed by atoms with E-state index in [9.17, 15) is 0 Å². The summed E-state index contributed by atoms with van der Waals surface area (Å²) in [4.78, 5) is 1.70. The number of nitrogens with zero attached hydrogens (tertiary/aromatic N) is 1. The maximum atomic E-state index is 8.93. The zero-order valence-electron chi connectivity index (χ0n) is 5.05. The van der Waals surface area contributed by atoms with Crippen LogP contribution in [-0.4, -0.2) is 23.4 Å². The van der Waals surface area contributed by atoms with Crippen LogP contribution in [0.5, 0.6) is 0 Å². The van der Waals surface area contributed by atoms with E-state index in [0.717, 1.165) is 5.70 Å². The molecule has 0 radical (unpaired) electrons. The normalized spacial score (nSPS) is 27.6. The van der Waals surface area contributed by atoms with Crippen molar-refractivity contribution in [2.75, 3.05) is 7.05 Å². The molecule has 0 spiro atoms. The van der Waals surface area contributed by atoms with E-state index in [1.807, 2.05) is 20.2 Å². The van der Waals surface area contributed by atoms with Crippen molar-refractivity contribution in [2.24, 2.45) is 0 Å². The highest BCUT2D eigenvalue weighted by Crippen LogP contribution is 2.03. The van der Waals surface area contributed by atoms with Crippen molar-refractivity contribution in [3.63, 3.8) is 0 Å². The van der Waals surface area contributed by atoms with Crippen LogP contribution in [0, 0.1) is 0 Å². The minimum Gasteiger partial charge on any atom is -0.356 e. The van der Waals surface area contributed by atoms with Crippen LogP contribution in [0.1, 0.15) is 6.92 Å². The molecule has 0 bridgehead atoms. The fourth-order valence-electron chi connectivity index (χ4n) is 0.719. The van der Waals surface area contributed by atoms with Gasteiger partial charge in [-0.3, -0.25) is 0 Å². The van der Waals surface area contributed by atoms with Crippen LogP contribution in [0.15, 0.2) is 11.9 Å². The molecule has 1 rings (SSSR count). The summed E-state index contributed by atoms with van der Waals surface area (Å²) in [5.41, 5.74) is 1.00. The Kier molecular flexibility index (Phi) is 1.13. The number of nitrogens with one attached hydrogen (secondary N) is 1. The number of allylic oxidation sites excluding steroid dienone is 1. The number of aliphatic hydroxyl groups excluding tert-OH is 1. The van der Waals surface area contributed by atoms with Crippen LogP contribution in [-0.2, 0) is 0 Å². The average molecular weight is 114 g/mol. The highest BCUT2D eigenvalue weighted by atomic mass is 16.3. The minimum atomic E-state index is -0.519. The summed E-state index contributed by atoms with van der Waals surface area (Å²) in [5, 5.41) is 11.7. The summed E-state index contributed by atoms with van der Waals surface area (Å²) in [6.45, 7) is 1.91. The molecule has 0 amide bonds. The van der Waals surface area contributed by atoms with Crippen LogP contribution >= 0.6 is 0 Å². The topological polar surface area (TPSA) is 35.5 Å². The molecule has 1 atom stereocenters. The molecule has 0 aromatic rings. The SMILES string of the molecule is CC1=CN(C)C(O)N1. The van der Waals surface area contributed by atoms with Gasteiger partial charge in [0.1, 0.15) is 0 Å². The molecule has 3 nitrogen and oxygen atoms in total. The molecule has 1 aliphatic rings. The molecule has 0 aromatic heterocycles. The molecule has 0 saturated heterocycles. The van der Waals surface area contributed by atoms with Crippen molar-refractivity contribution in [1.82, 2.24) is 10.2 Å². The van der Waals surface area contributed by atoms with E-state index in [1.165, 1.54) is 0 Å². The Morgan fingerprint density at radius 3 is 2.62 bits per heavy atom. The van der Waals surface area contributed by atoms with E-state index < -0.39 is 6.35 Å². The van der Waals surface area contributed by atoms with Gasteiger partial charge < -0.3 is 15.3 Å². The largest absolute Gasteiger partial charge is 0.356 e. The first-order valence-electron chi connectivity index (χ1n) is 2.55. The van der Waals surface area contributed by atoms with Crippen LogP contribution < -0.4 is 5.32 Å². The Labute approximate surface area is 48.6 Å². The number of hydrogen-bond donors (Lipinski definition) is 2. The molecular weight excluding hydrogens is 104 g/mol. The van der Waals surface area contributed by atoms with Crippen molar-refractivity contribution in [3.05, 3.63) is 11.9 Å². The second-order valence-corrected chi connectivity index (χ2v) is 2.00. The summed E-state index contributed by atoms with van der Waals surface area (Å²) in [6.07, 6.45) is 1.33. The van der Waals surface area contributed by atoms with Gasteiger partial charge in [-0.25, -0.2) is 0 Å². The van der Waals surface area contributed by atoms with E-state index in [2.05, 4.69) is 5.32 Å². The van der Waals surface area contributed by atoms with Crippen LogP contribution in [0.25, 0.3) is 0 Å². The molecule has 8 heavy (non-hydrogen) atoms. The predicted octanol–water partition coefficient (Wildman–Crippen LogP) is -0.341. The van der Waals surface area contributed by atoms with Gasteiger partial charge in [0.15, 0.2) is 0 Å². The zero-order chi connectivity index (χ0) is 6.15. The van der Waals surface area contributed by atoms with Crippen molar-refractivity contribution in [3.8, 4) is 0 Å². The second-order valence-electron chi connectivity index (χ2n) is 2.00. The predicted molar refractivity (Wildman–Crippen MR) is 30.7 cm³/mol. The Morgan fingerprint density at radius 2 is 2.50 bits per heavy atom. The van der Waals surface area contributed by atoms with E-state index in [1.54, 1.807) is 4.90 Å². The fourth-order valence-corrected chi connectivity index (χ4v) is 0.719. The maximum absolute atomic E-state index is 8.93. The van der Waals surface area contributed by atoms with E-state index in [0.29, 0.717) is 0 Å². The third kappa shape index (κ3) is 0.767. The average Bonchev–Trinajstić information content (AvgIpc) is 1.85. The number of aliphatic hydroxyl groups is 1. The minimum absolute atomic E-state index is 0.519. The van der Waals surface area contributed by atoms with Gasteiger partial charge >= 0.3 is 0 Å². The lowest BCUT2D eigenvalue weighted by molar-refractivity contribution is 0.0504. The van der Waals surface area contributed by atoms with Crippen molar-refractivity contribution in [2.45, 2.75) is 13.3 Å². The zero-order valence-corrected chi connectivity index (χ0v) is 5.05. The smallest absolute Gasteiger partial charge is 0.204 e. The second kappa shape index (κ2) is 1.67. The van der Waals surface area contributed by atoms with Crippen LogP contribution in [0.2, 0.25) is 0 Å². The standard InChI is InChI=1S/C5H10N2O/c1-4-3-7(2)5(8)6-4/h3,5-6,8H,1-2H3. The van der Waals surface area contributed by atoms with Crippen molar-refractivity contribution in [1.29, 1.82) is 0 Å². The Hall–Kier alpha value is -0.700. The molecular formula is C5H10N2O. The van der Waals surface area contributed by atoms with Crippen molar-refractivity contribution < 1.29 is 5.11 Å². The Bertz CT molecular complexity index is 122. The van der Waals surface area contributed by atoms with Gasteiger partial charge in [-0.05, 0) is 6.92 Å². The van der Waals surface area contributed by atoms with Gasteiger partial charge in [0, 0.05) is 18.9 Å². The molecule has 1 heterocycles. The number of rotatable bonds is 0. The lowest BCUT2D eigenvalue weighted by Gasteiger charge is -2.13. The molecule has 1 aliphatic heterocycles. The summed E-state index contributed by atoms with van der Waals surface area (Å²) < 4.78 is 0. The quantitative estimate of drug-likeness (QED) is 0.452. The molecule has 0 saturated carbocycles. The highest BCUT2D eigenvalue weighted by molar-refractivity contribution is 5.00. The lowest BCUT2D eigenvalue weighted by atomic mass is 10.6. The van der Waals surface area contributed by atoms with Gasteiger partial charge in [-0.2, -0.15) is 0 Å². The lowest BCUT2D eigenvalue weighted by Crippen LogP contribution is -2.32. The van der Waals surface area contributed by atoms with Gasteiger partial charge in [-0.1, -0.05) is 0 Å². The monoisotopic (exact) mass is 114 g/mol. The fraction of sp³-hybridized carbons (Fsp3) is 0.600. The first-order chi connectivity index (χ1) is 3.70. The Morgan fingerprint density at radius 1 is 1.88 bits per heavy atom. The van der Waals surface area contributed by atoms with E-state index >= 15 is 0 Å². The van der Waals surface area contributed by atoms with Crippen LogP contribution in [0.3, 0.4) is 0 Å². The summed E-state index contributed by atoms with van der Waals surface area (Å²) in [5.74, 6) is 0. The Balaban J connectivity index is 2.56. The molecule has 0 aliphatic carbocycles.